The van der Waals surface area contributed by atoms with Crippen LogP contribution in [0.15, 0.2) is 63.1 Å². The van der Waals surface area contributed by atoms with Crippen LogP contribution in [0.4, 0.5) is 5.69 Å². The summed E-state index contributed by atoms with van der Waals surface area (Å²) in [6, 6.07) is 10.2. The molecule has 104 valence electrons. The summed E-state index contributed by atoms with van der Waals surface area (Å²) in [7, 11) is 0. The molecule has 5 nitrogen and oxygen atoms in total. The van der Waals surface area contributed by atoms with Gasteiger partial charge in [0.1, 0.15) is 5.52 Å². The molecule has 0 radical (unpaired) electrons. The van der Waals surface area contributed by atoms with Gasteiger partial charge in [-0.1, -0.05) is 11.8 Å². The fraction of sp³-hybridized carbons (Fsp3) is 0. The first-order chi connectivity index (χ1) is 10.1. The number of fused-ring (bicyclic) bond motifs is 1. The predicted molar refractivity (Wildman–Crippen MR) is 84.5 cm³/mol. The number of rotatable bonds is 3. The number of nitrogens with zero attached hydrogens (tertiary/aromatic N) is 3. The molecular weight excluding hydrogens is 354 g/mol. The van der Waals surface area contributed by atoms with E-state index in [0.717, 1.165) is 25.3 Å². The molecule has 0 spiro atoms. The maximum Gasteiger partial charge on any atom is 0.269 e. The molecule has 3 rings (SSSR count). The number of halogens is 1. The highest BCUT2D eigenvalue weighted by molar-refractivity contribution is 9.10. The Morgan fingerprint density at radius 3 is 2.62 bits per heavy atom. The zero-order valence-corrected chi connectivity index (χ0v) is 13.0. The monoisotopic (exact) mass is 361 g/mol. The van der Waals surface area contributed by atoms with Crippen LogP contribution in [0.5, 0.6) is 0 Å². The summed E-state index contributed by atoms with van der Waals surface area (Å²) in [5.41, 5.74) is 1.70. The molecule has 0 unspecified atom stereocenters. The lowest BCUT2D eigenvalue weighted by Gasteiger charge is -2.05. The summed E-state index contributed by atoms with van der Waals surface area (Å²) >= 11 is 4.88. The molecule has 7 heteroatoms. The molecule has 0 aliphatic carbocycles. The van der Waals surface area contributed by atoms with Gasteiger partial charge < -0.3 is 0 Å². The second-order valence-corrected chi connectivity index (χ2v) is 6.21. The van der Waals surface area contributed by atoms with Crippen molar-refractivity contribution in [3.05, 3.63) is 63.4 Å². The summed E-state index contributed by atoms with van der Waals surface area (Å²) in [6.07, 6.45) is 3.45. The van der Waals surface area contributed by atoms with Gasteiger partial charge in [0, 0.05) is 38.8 Å². The van der Waals surface area contributed by atoms with E-state index in [1.54, 1.807) is 24.5 Å². The molecule has 0 amide bonds. The second kappa shape index (κ2) is 5.79. The minimum atomic E-state index is -0.407. The molecule has 0 saturated carbocycles. The van der Waals surface area contributed by atoms with Gasteiger partial charge in [0.05, 0.1) is 10.4 Å². The van der Waals surface area contributed by atoms with E-state index < -0.39 is 4.92 Å². The molecular formula is C14H8BrN3O2S. The van der Waals surface area contributed by atoms with Crippen LogP contribution in [0.25, 0.3) is 11.0 Å². The van der Waals surface area contributed by atoms with E-state index in [4.69, 9.17) is 0 Å². The maximum atomic E-state index is 10.7. The number of hydrogen-bond acceptors (Lipinski definition) is 5. The van der Waals surface area contributed by atoms with Gasteiger partial charge in [-0.25, -0.2) is 0 Å². The van der Waals surface area contributed by atoms with Crippen molar-refractivity contribution in [2.75, 3.05) is 0 Å². The number of nitro benzene ring substituents is 1. The Bertz CT molecular complexity index is 824. The van der Waals surface area contributed by atoms with Gasteiger partial charge in [-0.3, -0.25) is 20.1 Å². The van der Waals surface area contributed by atoms with Crippen LogP contribution < -0.4 is 0 Å². The third kappa shape index (κ3) is 3.03. The fourth-order valence-electron chi connectivity index (χ4n) is 1.83. The average molecular weight is 362 g/mol. The van der Waals surface area contributed by atoms with E-state index >= 15 is 0 Å². The van der Waals surface area contributed by atoms with Crippen molar-refractivity contribution in [1.29, 1.82) is 0 Å². The van der Waals surface area contributed by atoms with Crippen molar-refractivity contribution in [3.63, 3.8) is 0 Å². The van der Waals surface area contributed by atoms with E-state index in [9.17, 15) is 10.1 Å². The van der Waals surface area contributed by atoms with Gasteiger partial charge in [-0.05, 0) is 40.2 Å². The maximum absolute atomic E-state index is 10.7. The summed E-state index contributed by atoms with van der Waals surface area (Å²) in [5, 5.41) is 10.7. The van der Waals surface area contributed by atoms with Crippen LogP contribution in [0.1, 0.15) is 0 Å². The van der Waals surface area contributed by atoms with Gasteiger partial charge in [-0.15, -0.1) is 0 Å². The van der Waals surface area contributed by atoms with Gasteiger partial charge in [-0.2, -0.15) is 0 Å². The van der Waals surface area contributed by atoms with E-state index in [1.807, 2.05) is 12.1 Å². The van der Waals surface area contributed by atoms with Crippen molar-refractivity contribution >= 4 is 44.4 Å². The first kappa shape index (κ1) is 14.0. The molecule has 0 fully saturated rings. The smallest absolute Gasteiger partial charge is 0.258 e. The molecule has 1 aromatic carbocycles. The lowest BCUT2D eigenvalue weighted by atomic mass is 10.3. The highest BCUT2D eigenvalue weighted by Gasteiger charge is 2.08. The van der Waals surface area contributed by atoms with Crippen LogP contribution in [0.3, 0.4) is 0 Å². The van der Waals surface area contributed by atoms with Crippen molar-refractivity contribution in [3.8, 4) is 0 Å². The lowest BCUT2D eigenvalue weighted by Crippen LogP contribution is -1.88. The Morgan fingerprint density at radius 2 is 1.90 bits per heavy atom. The molecule has 0 saturated heterocycles. The molecule has 3 aromatic rings. The number of benzene rings is 1. The number of hydrogen-bond donors (Lipinski definition) is 0. The fourth-order valence-corrected chi connectivity index (χ4v) is 3.05. The zero-order valence-electron chi connectivity index (χ0n) is 10.6. The quantitative estimate of drug-likeness (QED) is 0.509. The average Bonchev–Trinajstić information content (AvgIpc) is 2.47. The summed E-state index contributed by atoms with van der Waals surface area (Å²) in [5.74, 6) is 0. The molecule has 2 heterocycles. The van der Waals surface area contributed by atoms with Crippen molar-refractivity contribution in [1.82, 2.24) is 9.97 Å². The SMILES string of the molecule is O=[N+]([O-])c1ccc(Sc2ccnc3cc(Br)cnc23)cc1. The van der Waals surface area contributed by atoms with E-state index in [-0.39, 0.29) is 5.69 Å². The first-order valence-electron chi connectivity index (χ1n) is 5.96. The summed E-state index contributed by atoms with van der Waals surface area (Å²) < 4.78 is 0.875. The predicted octanol–water partition coefficient (Wildman–Crippen LogP) is 4.45. The van der Waals surface area contributed by atoms with Gasteiger partial charge in [0.25, 0.3) is 5.69 Å². The topological polar surface area (TPSA) is 68.9 Å². The van der Waals surface area contributed by atoms with Gasteiger partial charge >= 0.3 is 0 Å². The van der Waals surface area contributed by atoms with E-state index in [2.05, 4.69) is 25.9 Å². The first-order valence-corrected chi connectivity index (χ1v) is 7.57. The lowest BCUT2D eigenvalue weighted by molar-refractivity contribution is -0.384. The number of pyridine rings is 2. The van der Waals surface area contributed by atoms with Crippen molar-refractivity contribution in [2.24, 2.45) is 0 Å². The Morgan fingerprint density at radius 1 is 1.14 bits per heavy atom. The van der Waals surface area contributed by atoms with Crippen LogP contribution in [0.2, 0.25) is 0 Å². The molecule has 21 heavy (non-hydrogen) atoms. The van der Waals surface area contributed by atoms with Gasteiger partial charge in [0.15, 0.2) is 0 Å². The molecule has 2 aromatic heterocycles. The summed E-state index contributed by atoms with van der Waals surface area (Å²) in [4.78, 5) is 20.8. The molecule has 0 atom stereocenters. The standard InChI is InChI=1S/C14H8BrN3O2S/c15-9-7-12-14(17-8-9)13(5-6-16-12)21-11-3-1-10(2-4-11)18(19)20/h1-8H. The van der Waals surface area contributed by atoms with Crippen LogP contribution >= 0.6 is 27.7 Å². The molecule has 0 aliphatic heterocycles. The minimum Gasteiger partial charge on any atom is -0.258 e. The van der Waals surface area contributed by atoms with Crippen LogP contribution in [0, 0.1) is 10.1 Å². The highest BCUT2D eigenvalue weighted by atomic mass is 79.9. The third-order valence-corrected chi connectivity index (χ3v) is 4.27. The number of non-ortho nitro benzene ring substituents is 1. The Hall–Kier alpha value is -1.99. The van der Waals surface area contributed by atoms with Gasteiger partial charge in [0.2, 0.25) is 0 Å². The summed E-state index contributed by atoms with van der Waals surface area (Å²) in [6.45, 7) is 0. The Labute approximate surface area is 132 Å². The van der Waals surface area contributed by atoms with E-state index in [0.29, 0.717) is 0 Å². The van der Waals surface area contributed by atoms with Crippen LogP contribution in [-0.4, -0.2) is 14.9 Å². The third-order valence-electron chi connectivity index (χ3n) is 2.78. The Kier molecular flexibility index (Phi) is 3.85. The number of nitro groups is 1. The Balaban J connectivity index is 1.96. The molecule has 0 N–H and O–H groups in total. The highest BCUT2D eigenvalue weighted by Crippen LogP contribution is 2.33. The van der Waals surface area contributed by atoms with Crippen molar-refractivity contribution in [2.45, 2.75) is 9.79 Å². The zero-order chi connectivity index (χ0) is 14.8. The normalized spacial score (nSPS) is 10.7. The number of aromatic nitrogens is 2. The molecule has 0 aliphatic rings. The second-order valence-electron chi connectivity index (χ2n) is 4.18. The minimum absolute atomic E-state index is 0.0843. The van der Waals surface area contributed by atoms with E-state index in [1.165, 1.54) is 23.9 Å². The largest absolute Gasteiger partial charge is 0.269 e. The van der Waals surface area contributed by atoms with Crippen LogP contribution in [-0.2, 0) is 0 Å². The molecule has 0 bridgehead atoms. The van der Waals surface area contributed by atoms with Crippen molar-refractivity contribution < 1.29 is 4.92 Å².